The average Bonchev–Trinajstić information content (AvgIpc) is 3.07. The Kier molecular flexibility index (Phi) is 2.01. The second-order valence-corrected chi connectivity index (χ2v) is 3.96. The predicted octanol–water partition coefficient (Wildman–Crippen LogP) is 0.708. The molecule has 1 saturated carbocycles. The third-order valence-corrected chi connectivity index (χ3v) is 2.71. The van der Waals surface area contributed by atoms with Gasteiger partial charge in [-0.1, -0.05) is 0 Å². The molecule has 0 aromatic carbocycles. The standard InChI is InChI=1S/C10H10N4O3/c1-17-10-12-9-11-6(5-2-3-5)4-7(8(15)16)14(9)13-10/h4-5H,2-3H2,1H3,(H,15,16). The number of hydrogen-bond acceptors (Lipinski definition) is 5. The quantitative estimate of drug-likeness (QED) is 0.841. The van der Waals surface area contributed by atoms with Crippen LogP contribution in [0, 0.1) is 0 Å². The molecule has 88 valence electrons. The summed E-state index contributed by atoms with van der Waals surface area (Å²) >= 11 is 0. The lowest BCUT2D eigenvalue weighted by Crippen LogP contribution is -2.09. The molecular formula is C10H10N4O3. The molecule has 17 heavy (non-hydrogen) atoms. The van der Waals surface area contributed by atoms with Crippen LogP contribution in [-0.4, -0.2) is 37.8 Å². The Balaban J connectivity index is 2.25. The van der Waals surface area contributed by atoms with Crippen molar-refractivity contribution in [3.05, 3.63) is 17.5 Å². The van der Waals surface area contributed by atoms with Gasteiger partial charge in [0.25, 0.3) is 5.78 Å². The fourth-order valence-electron chi connectivity index (χ4n) is 1.70. The first kappa shape index (κ1) is 10.0. The second-order valence-electron chi connectivity index (χ2n) is 3.96. The van der Waals surface area contributed by atoms with E-state index in [1.165, 1.54) is 11.6 Å². The van der Waals surface area contributed by atoms with Crippen LogP contribution in [0.2, 0.25) is 0 Å². The zero-order valence-electron chi connectivity index (χ0n) is 9.12. The van der Waals surface area contributed by atoms with E-state index in [0.29, 0.717) is 5.92 Å². The molecule has 1 N–H and O–H groups in total. The largest absolute Gasteiger partial charge is 0.477 e. The maximum atomic E-state index is 11.2. The lowest BCUT2D eigenvalue weighted by molar-refractivity contribution is 0.0687. The summed E-state index contributed by atoms with van der Waals surface area (Å²) in [6, 6.07) is 1.68. The van der Waals surface area contributed by atoms with Gasteiger partial charge >= 0.3 is 12.0 Å². The summed E-state index contributed by atoms with van der Waals surface area (Å²) in [4.78, 5) is 19.4. The van der Waals surface area contributed by atoms with Crippen LogP contribution in [0.4, 0.5) is 0 Å². The van der Waals surface area contributed by atoms with Crippen molar-refractivity contribution in [1.29, 1.82) is 0 Å². The van der Waals surface area contributed by atoms with Crippen molar-refractivity contribution in [1.82, 2.24) is 19.6 Å². The molecule has 7 heteroatoms. The van der Waals surface area contributed by atoms with E-state index in [0.717, 1.165) is 18.5 Å². The van der Waals surface area contributed by atoms with Gasteiger partial charge in [0.15, 0.2) is 5.69 Å². The number of fused-ring (bicyclic) bond motifs is 1. The Morgan fingerprint density at radius 3 is 2.88 bits per heavy atom. The van der Waals surface area contributed by atoms with E-state index in [4.69, 9.17) is 9.84 Å². The summed E-state index contributed by atoms with van der Waals surface area (Å²) in [5, 5.41) is 13.0. The second kappa shape index (κ2) is 3.41. The minimum atomic E-state index is -1.05. The van der Waals surface area contributed by atoms with Crippen molar-refractivity contribution < 1.29 is 14.6 Å². The summed E-state index contributed by atoms with van der Waals surface area (Å²) in [6.45, 7) is 0. The number of nitrogens with zero attached hydrogens (tertiary/aromatic N) is 4. The van der Waals surface area contributed by atoms with E-state index in [-0.39, 0.29) is 17.5 Å². The highest BCUT2D eigenvalue weighted by Crippen LogP contribution is 2.39. The van der Waals surface area contributed by atoms with E-state index in [1.54, 1.807) is 6.07 Å². The molecule has 1 fully saturated rings. The van der Waals surface area contributed by atoms with E-state index >= 15 is 0 Å². The van der Waals surface area contributed by atoms with Crippen LogP contribution in [-0.2, 0) is 0 Å². The fraction of sp³-hybridized carbons (Fsp3) is 0.400. The molecule has 0 bridgehead atoms. The van der Waals surface area contributed by atoms with Gasteiger partial charge in [-0.05, 0) is 18.9 Å². The van der Waals surface area contributed by atoms with Crippen molar-refractivity contribution in [2.24, 2.45) is 0 Å². The van der Waals surface area contributed by atoms with Gasteiger partial charge in [-0.15, -0.1) is 5.10 Å². The SMILES string of the molecule is COc1nc2nc(C3CC3)cc(C(=O)O)n2n1. The Hall–Kier alpha value is -2.18. The molecule has 0 radical (unpaired) electrons. The van der Waals surface area contributed by atoms with Crippen LogP contribution < -0.4 is 4.74 Å². The van der Waals surface area contributed by atoms with E-state index in [9.17, 15) is 4.79 Å². The number of aromatic nitrogens is 4. The Bertz CT molecular complexity index is 603. The van der Waals surface area contributed by atoms with Crippen molar-refractivity contribution in [3.63, 3.8) is 0 Å². The summed E-state index contributed by atoms with van der Waals surface area (Å²) in [6.07, 6.45) is 2.10. The number of methoxy groups -OCH3 is 1. The monoisotopic (exact) mass is 234 g/mol. The minimum absolute atomic E-state index is 0.0627. The first-order valence-electron chi connectivity index (χ1n) is 5.24. The number of carbonyl (C=O) groups is 1. The summed E-state index contributed by atoms with van der Waals surface area (Å²) in [7, 11) is 1.43. The summed E-state index contributed by atoms with van der Waals surface area (Å²) in [5.74, 6) is -0.420. The zero-order valence-corrected chi connectivity index (χ0v) is 9.12. The number of ether oxygens (including phenoxy) is 1. The average molecular weight is 234 g/mol. The Morgan fingerprint density at radius 2 is 2.29 bits per heavy atom. The van der Waals surface area contributed by atoms with Gasteiger partial charge in [0.05, 0.1) is 7.11 Å². The lowest BCUT2D eigenvalue weighted by atomic mass is 10.2. The number of carboxylic acids is 1. The third-order valence-electron chi connectivity index (χ3n) is 2.71. The minimum Gasteiger partial charge on any atom is -0.477 e. The van der Waals surface area contributed by atoms with Gasteiger partial charge in [-0.25, -0.2) is 9.78 Å². The van der Waals surface area contributed by atoms with Gasteiger partial charge in [0.1, 0.15) is 0 Å². The van der Waals surface area contributed by atoms with Gasteiger partial charge in [0.2, 0.25) is 0 Å². The van der Waals surface area contributed by atoms with Crippen molar-refractivity contribution in [3.8, 4) is 6.01 Å². The van der Waals surface area contributed by atoms with Crippen molar-refractivity contribution >= 4 is 11.7 Å². The van der Waals surface area contributed by atoms with E-state index in [2.05, 4.69) is 15.1 Å². The van der Waals surface area contributed by atoms with E-state index in [1.807, 2.05) is 0 Å². The van der Waals surface area contributed by atoms with Crippen LogP contribution in [0.3, 0.4) is 0 Å². The van der Waals surface area contributed by atoms with Gasteiger partial charge in [-0.3, -0.25) is 0 Å². The normalized spacial score (nSPS) is 15.1. The molecule has 0 spiro atoms. The van der Waals surface area contributed by atoms with Crippen LogP contribution >= 0.6 is 0 Å². The maximum Gasteiger partial charge on any atom is 0.354 e. The summed E-state index contributed by atoms with van der Waals surface area (Å²) < 4.78 is 6.06. The van der Waals surface area contributed by atoms with Crippen LogP contribution in [0.1, 0.15) is 34.9 Å². The van der Waals surface area contributed by atoms with Crippen molar-refractivity contribution in [2.45, 2.75) is 18.8 Å². The predicted molar refractivity (Wildman–Crippen MR) is 56.3 cm³/mol. The number of aromatic carboxylic acids is 1. The number of rotatable bonds is 3. The molecule has 1 aliphatic carbocycles. The van der Waals surface area contributed by atoms with Crippen LogP contribution in [0.5, 0.6) is 6.01 Å². The smallest absolute Gasteiger partial charge is 0.354 e. The Morgan fingerprint density at radius 1 is 1.53 bits per heavy atom. The van der Waals surface area contributed by atoms with Gasteiger partial charge in [0, 0.05) is 11.6 Å². The molecule has 0 saturated heterocycles. The van der Waals surface area contributed by atoms with Crippen LogP contribution in [0.15, 0.2) is 6.07 Å². The fourth-order valence-corrected chi connectivity index (χ4v) is 1.70. The van der Waals surface area contributed by atoms with E-state index < -0.39 is 5.97 Å². The Labute approximate surface area is 96.1 Å². The highest BCUT2D eigenvalue weighted by molar-refractivity contribution is 5.86. The molecular weight excluding hydrogens is 224 g/mol. The lowest BCUT2D eigenvalue weighted by Gasteiger charge is -2.01. The maximum absolute atomic E-state index is 11.2. The molecule has 0 atom stereocenters. The number of hydrogen-bond donors (Lipinski definition) is 1. The molecule has 0 aliphatic heterocycles. The molecule has 1 aliphatic rings. The molecule has 2 heterocycles. The first-order chi connectivity index (χ1) is 8.19. The molecule has 7 nitrogen and oxygen atoms in total. The molecule has 3 rings (SSSR count). The van der Waals surface area contributed by atoms with Gasteiger partial charge < -0.3 is 9.84 Å². The molecule has 2 aromatic heterocycles. The highest BCUT2D eigenvalue weighted by atomic mass is 16.5. The van der Waals surface area contributed by atoms with Gasteiger partial charge in [-0.2, -0.15) is 9.50 Å². The first-order valence-corrected chi connectivity index (χ1v) is 5.24. The highest BCUT2D eigenvalue weighted by Gasteiger charge is 2.28. The molecule has 0 amide bonds. The summed E-state index contributed by atoms with van der Waals surface area (Å²) in [5.41, 5.74) is 0.831. The van der Waals surface area contributed by atoms with Crippen molar-refractivity contribution in [2.75, 3.05) is 7.11 Å². The third kappa shape index (κ3) is 1.59. The topological polar surface area (TPSA) is 89.6 Å². The number of carboxylic acid groups (broad SMARTS) is 1. The van der Waals surface area contributed by atoms with Crippen LogP contribution in [0.25, 0.3) is 5.78 Å². The zero-order chi connectivity index (χ0) is 12.0. The molecule has 2 aromatic rings. The molecule has 0 unspecified atom stereocenters.